The van der Waals surface area contributed by atoms with Crippen molar-refractivity contribution in [3.05, 3.63) is 0 Å². The summed E-state index contributed by atoms with van der Waals surface area (Å²) < 4.78 is 0. The van der Waals surface area contributed by atoms with Gasteiger partial charge in [0.05, 0.1) is 11.1 Å². The predicted molar refractivity (Wildman–Crippen MR) is 51.5 cm³/mol. The molecule has 0 amide bonds. The highest BCUT2D eigenvalue weighted by Gasteiger charge is 2.87. The van der Waals surface area contributed by atoms with Crippen molar-refractivity contribution in [3.63, 3.8) is 0 Å². The first-order chi connectivity index (χ1) is 6.17. The maximum absolute atomic E-state index is 9.87. The maximum Gasteiger partial charge on any atom is 0.0851 e. The zero-order chi connectivity index (χ0) is 9.10. The molecule has 3 aliphatic carbocycles. The Morgan fingerprint density at radius 2 is 1.85 bits per heavy atom. The monoisotopic (exact) mass is 181 g/mol. The zero-order valence-electron chi connectivity index (χ0n) is 8.34. The molecule has 2 heteroatoms. The van der Waals surface area contributed by atoms with Crippen LogP contribution in [0.25, 0.3) is 0 Å². The summed E-state index contributed by atoms with van der Waals surface area (Å²) in [4.78, 5) is 0. The average Bonchev–Trinajstić information content (AvgIpc) is 2.94. The predicted octanol–water partition coefficient (Wildman–Crippen LogP) is 1.43. The molecule has 1 unspecified atom stereocenters. The van der Waals surface area contributed by atoms with Crippen LogP contribution in [0.2, 0.25) is 0 Å². The summed E-state index contributed by atoms with van der Waals surface area (Å²) in [5, 5.41) is 13.6. The molecule has 74 valence electrons. The van der Waals surface area contributed by atoms with E-state index in [1.807, 2.05) is 6.92 Å². The van der Waals surface area contributed by atoms with Gasteiger partial charge in [0.25, 0.3) is 0 Å². The maximum atomic E-state index is 9.87. The Kier molecular flexibility index (Phi) is 1.45. The first kappa shape index (κ1) is 8.25. The van der Waals surface area contributed by atoms with Gasteiger partial charge in [-0.25, -0.2) is 0 Å². The molecule has 0 aromatic carbocycles. The quantitative estimate of drug-likeness (QED) is 0.675. The Hall–Kier alpha value is -0.0800. The highest BCUT2D eigenvalue weighted by Crippen LogP contribution is 2.74. The van der Waals surface area contributed by atoms with Gasteiger partial charge in [-0.05, 0) is 26.2 Å². The molecule has 0 heterocycles. The number of aliphatic hydroxyl groups is 1. The van der Waals surface area contributed by atoms with E-state index in [0.29, 0.717) is 12.0 Å². The van der Waals surface area contributed by atoms with E-state index in [1.54, 1.807) is 0 Å². The first-order valence-electron chi connectivity index (χ1n) is 5.67. The third-order valence-corrected chi connectivity index (χ3v) is 4.53. The Bertz CT molecular complexity index is 232. The van der Waals surface area contributed by atoms with E-state index in [2.05, 4.69) is 5.32 Å². The molecule has 3 aliphatic rings. The second kappa shape index (κ2) is 2.29. The number of fused-ring (bicyclic) bond motifs is 1. The van der Waals surface area contributed by atoms with Gasteiger partial charge in [0, 0.05) is 12.0 Å². The molecule has 2 nitrogen and oxygen atoms in total. The van der Waals surface area contributed by atoms with Crippen LogP contribution in [0.1, 0.15) is 45.4 Å². The normalized spacial score (nSPS) is 54.5. The van der Waals surface area contributed by atoms with Crippen LogP contribution in [0.3, 0.4) is 0 Å². The minimum atomic E-state index is -0.357. The van der Waals surface area contributed by atoms with Crippen LogP contribution < -0.4 is 5.32 Å². The lowest BCUT2D eigenvalue weighted by Crippen LogP contribution is -2.43. The van der Waals surface area contributed by atoms with Gasteiger partial charge in [0.15, 0.2) is 0 Å². The molecule has 0 bridgehead atoms. The van der Waals surface area contributed by atoms with Gasteiger partial charge in [0.1, 0.15) is 0 Å². The average molecular weight is 181 g/mol. The lowest BCUT2D eigenvalue weighted by atomic mass is 9.94. The van der Waals surface area contributed by atoms with Crippen LogP contribution >= 0.6 is 0 Å². The molecule has 0 spiro atoms. The molecule has 3 atom stereocenters. The second-order valence-corrected chi connectivity index (χ2v) is 5.35. The summed E-state index contributed by atoms with van der Waals surface area (Å²) in [6, 6.07) is 0.702. The van der Waals surface area contributed by atoms with Crippen LogP contribution in [0.15, 0.2) is 0 Å². The molecule has 2 N–H and O–H groups in total. The molecule has 13 heavy (non-hydrogen) atoms. The molecule has 0 radical (unpaired) electrons. The van der Waals surface area contributed by atoms with Gasteiger partial charge in [-0.3, -0.25) is 0 Å². The van der Waals surface area contributed by atoms with Gasteiger partial charge >= 0.3 is 0 Å². The summed E-state index contributed by atoms with van der Waals surface area (Å²) >= 11 is 0. The van der Waals surface area contributed by atoms with Gasteiger partial charge in [-0.1, -0.05) is 19.3 Å². The van der Waals surface area contributed by atoms with Crippen LogP contribution in [-0.4, -0.2) is 22.3 Å². The minimum Gasteiger partial charge on any atom is -0.388 e. The molecule has 3 fully saturated rings. The third kappa shape index (κ3) is 0.962. The van der Waals surface area contributed by atoms with Crippen molar-refractivity contribution in [2.24, 2.45) is 5.92 Å². The van der Waals surface area contributed by atoms with Crippen LogP contribution in [0.5, 0.6) is 0 Å². The van der Waals surface area contributed by atoms with E-state index < -0.39 is 0 Å². The standard InChI is InChI=1S/C11H19NO/c1-10(13)9-7-11(9,10)12-8-5-3-2-4-6-8/h8-9,12-13H,2-7H2,1H3/t9-,10?,11-/m0/s1. The molecule has 0 aliphatic heterocycles. The topological polar surface area (TPSA) is 32.3 Å². The number of hydrogen-bond donors (Lipinski definition) is 2. The van der Waals surface area contributed by atoms with Crippen molar-refractivity contribution in [1.82, 2.24) is 5.32 Å². The Morgan fingerprint density at radius 1 is 1.23 bits per heavy atom. The highest BCUT2D eigenvalue weighted by molar-refractivity contribution is 5.42. The smallest absolute Gasteiger partial charge is 0.0851 e. The SMILES string of the molecule is CC1(O)[C@@H]2C[C@]21NC1CCCCC1. The Morgan fingerprint density at radius 3 is 2.31 bits per heavy atom. The van der Waals surface area contributed by atoms with Gasteiger partial charge < -0.3 is 10.4 Å². The third-order valence-electron chi connectivity index (χ3n) is 4.53. The van der Waals surface area contributed by atoms with Crippen molar-refractivity contribution in [3.8, 4) is 0 Å². The zero-order valence-corrected chi connectivity index (χ0v) is 8.34. The van der Waals surface area contributed by atoms with Crippen molar-refractivity contribution >= 4 is 0 Å². The summed E-state index contributed by atoms with van der Waals surface area (Å²) in [5.74, 6) is 0.585. The van der Waals surface area contributed by atoms with Crippen molar-refractivity contribution in [2.45, 2.75) is 62.6 Å². The fourth-order valence-corrected chi connectivity index (χ4v) is 3.23. The lowest BCUT2D eigenvalue weighted by molar-refractivity contribution is 0.0870. The molecular weight excluding hydrogens is 162 g/mol. The van der Waals surface area contributed by atoms with Gasteiger partial charge in [-0.2, -0.15) is 0 Å². The van der Waals surface area contributed by atoms with Gasteiger partial charge in [-0.15, -0.1) is 0 Å². The molecule has 3 rings (SSSR count). The minimum absolute atomic E-state index is 0.176. The van der Waals surface area contributed by atoms with E-state index in [0.717, 1.165) is 0 Å². The van der Waals surface area contributed by atoms with Crippen molar-refractivity contribution in [2.75, 3.05) is 0 Å². The largest absolute Gasteiger partial charge is 0.388 e. The van der Waals surface area contributed by atoms with E-state index in [4.69, 9.17) is 0 Å². The summed E-state index contributed by atoms with van der Waals surface area (Å²) in [6.45, 7) is 1.98. The van der Waals surface area contributed by atoms with Crippen LogP contribution in [0, 0.1) is 5.92 Å². The van der Waals surface area contributed by atoms with Crippen LogP contribution in [0.4, 0.5) is 0 Å². The van der Waals surface area contributed by atoms with Crippen molar-refractivity contribution in [1.29, 1.82) is 0 Å². The molecule has 0 aromatic rings. The van der Waals surface area contributed by atoms with Crippen LogP contribution in [-0.2, 0) is 0 Å². The fourth-order valence-electron chi connectivity index (χ4n) is 3.23. The highest BCUT2D eigenvalue weighted by atomic mass is 16.3. The molecule has 0 aromatic heterocycles. The van der Waals surface area contributed by atoms with Crippen molar-refractivity contribution < 1.29 is 5.11 Å². The molecular formula is C11H19NO. The van der Waals surface area contributed by atoms with E-state index in [1.165, 1.54) is 38.5 Å². The fraction of sp³-hybridized carbons (Fsp3) is 1.00. The summed E-state index contributed by atoms with van der Waals surface area (Å²) in [6.07, 6.45) is 8.03. The van der Waals surface area contributed by atoms with Gasteiger partial charge in [0.2, 0.25) is 0 Å². The number of hydrogen-bond acceptors (Lipinski definition) is 2. The molecule has 3 saturated carbocycles. The summed E-state index contributed by atoms with van der Waals surface area (Å²) in [7, 11) is 0. The molecule has 0 saturated heterocycles. The van der Waals surface area contributed by atoms with E-state index in [-0.39, 0.29) is 11.1 Å². The summed E-state index contributed by atoms with van der Waals surface area (Å²) in [5.41, 5.74) is -0.181. The Balaban J connectivity index is 1.59. The van der Waals surface area contributed by atoms with E-state index >= 15 is 0 Å². The number of nitrogens with one attached hydrogen (secondary N) is 1. The second-order valence-electron chi connectivity index (χ2n) is 5.35. The first-order valence-corrected chi connectivity index (χ1v) is 5.67. The lowest BCUT2D eigenvalue weighted by Gasteiger charge is -2.27. The van der Waals surface area contributed by atoms with E-state index in [9.17, 15) is 5.11 Å². The number of rotatable bonds is 2. The Labute approximate surface area is 79.7 Å².